The molecule has 0 atom stereocenters. The zero-order valence-corrected chi connectivity index (χ0v) is 16.9. The van der Waals surface area contributed by atoms with Crippen LogP contribution in [-0.2, 0) is 9.63 Å². The predicted octanol–water partition coefficient (Wildman–Crippen LogP) is 4.20. The molecular formula is C19H25ClFN5O2. The van der Waals surface area contributed by atoms with Crippen LogP contribution in [0.1, 0.15) is 39.5 Å². The van der Waals surface area contributed by atoms with Gasteiger partial charge in [-0.2, -0.15) is 5.10 Å². The summed E-state index contributed by atoms with van der Waals surface area (Å²) in [6, 6.07) is 3.65. The van der Waals surface area contributed by atoms with Crippen molar-refractivity contribution in [1.82, 2.24) is 14.8 Å². The third kappa shape index (κ3) is 6.30. The standard InChI is InChI=1S/C19H25ClFN5O2/c1-3-25(18(27)9-8-15(2)24-28-12-5-4-10-21)17-14-26(23-19(17)20)16-7-6-11-22-13-16/h6-7,11,13-14H,3-5,8-10,12H2,1-2H3. The van der Waals surface area contributed by atoms with Gasteiger partial charge in [0, 0.05) is 19.2 Å². The minimum absolute atomic E-state index is 0.0814. The molecule has 1 amide bonds. The number of carbonyl (C=O) groups excluding carboxylic acids is 1. The molecule has 0 N–H and O–H groups in total. The van der Waals surface area contributed by atoms with Gasteiger partial charge in [-0.1, -0.05) is 16.8 Å². The van der Waals surface area contributed by atoms with Crippen LogP contribution in [0.5, 0.6) is 0 Å². The lowest BCUT2D eigenvalue weighted by Crippen LogP contribution is -2.30. The van der Waals surface area contributed by atoms with Crippen molar-refractivity contribution in [3.05, 3.63) is 35.9 Å². The van der Waals surface area contributed by atoms with Crippen molar-refractivity contribution in [2.45, 2.75) is 39.5 Å². The van der Waals surface area contributed by atoms with Crippen LogP contribution in [-0.4, -0.2) is 46.2 Å². The summed E-state index contributed by atoms with van der Waals surface area (Å²) in [4.78, 5) is 23.5. The fourth-order valence-electron chi connectivity index (χ4n) is 2.51. The normalized spacial score (nSPS) is 11.5. The maximum Gasteiger partial charge on any atom is 0.227 e. The molecule has 0 saturated carbocycles. The Labute approximate surface area is 169 Å². The number of nitrogens with zero attached hydrogens (tertiary/aromatic N) is 5. The van der Waals surface area contributed by atoms with Gasteiger partial charge in [-0.05, 0) is 45.2 Å². The lowest BCUT2D eigenvalue weighted by molar-refractivity contribution is -0.118. The Balaban J connectivity index is 1.96. The number of rotatable bonds is 11. The molecule has 0 radical (unpaired) electrons. The van der Waals surface area contributed by atoms with Gasteiger partial charge in [0.2, 0.25) is 5.91 Å². The van der Waals surface area contributed by atoms with E-state index >= 15 is 0 Å². The third-order valence-corrected chi connectivity index (χ3v) is 4.28. The summed E-state index contributed by atoms with van der Waals surface area (Å²) in [5.41, 5.74) is 2.02. The van der Waals surface area contributed by atoms with Crippen LogP contribution in [0.3, 0.4) is 0 Å². The van der Waals surface area contributed by atoms with E-state index in [9.17, 15) is 9.18 Å². The van der Waals surface area contributed by atoms with E-state index in [-0.39, 0.29) is 24.2 Å². The number of oxime groups is 1. The smallest absolute Gasteiger partial charge is 0.227 e. The second kappa shape index (κ2) is 11.4. The number of halogens is 2. The zero-order valence-electron chi connectivity index (χ0n) is 16.1. The van der Waals surface area contributed by atoms with E-state index < -0.39 is 0 Å². The summed E-state index contributed by atoms with van der Waals surface area (Å²) in [5.74, 6) is -0.0814. The molecule has 2 aromatic heterocycles. The van der Waals surface area contributed by atoms with Gasteiger partial charge in [0.05, 0.1) is 30.5 Å². The molecule has 0 fully saturated rings. The SMILES string of the molecule is CCN(C(=O)CCC(C)=NOCCCCF)c1cn(-c2cccnc2)nc1Cl. The molecule has 0 spiro atoms. The van der Waals surface area contributed by atoms with E-state index in [4.69, 9.17) is 16.4 Å². The Kier molecular flexibility index (Phi) is 8.87. The number of unbranched alkanes of at least 4 members (excludes halogenated alkanes) is 1. The van der Waals surface area contributed by atoms with Gasteiger partial charge in [0.15, 0.2) is 5.15 Å². The number of hydrogen-bond acceptors (Lipinski definition) is 5. The first-order valence-corrected chi connectivity index (χ1v) is 9.62. The Hall–Kier alpha value is -2.48. The lowest BCUT2D eigenvalue weighted by Gasteiger charge is -2.19. The van der Waals surface area contributed by atoms with Gasteiger partial charge in [0.1, 0.15) is 12.3 Å². The first-order valence-electron chi connectivity index (χ1n) is 9.24. The van der Waals surface area contributed by atoms with Crippen molar-refractivity contribution in [3.8, 4) is 5.69 Å². The summed E-state index contributed by atoms with van der Waals surface area (Å²) < 4.78 is 13.6. The molecule has 0 unspecified atom stereocenters. The first kappa shape index (κ1) is 21.8. The molecule has 28 heavy (non-hydrogen) atoms. The van der Waals surface area contributed by atoms with Crippen LogP contribution in [0.15, 0.2) is 35.9 Å². The second-order valence-corrected chi connectivity index (χ2v) is 6.51. The van der Waals surface area contributed by atoms with Crippen LogP contribution in [0.25, 0.3) is 5.69 Å². The average Bonchev–Trinajstić information content (AvgIpc) is 3.09. The van der Waals surface area contributed by atoms with Crippen molar-refractivity contribution >= 4 is 28.9 Å². The van der Waals surface area contributed by atoms with Gasteiger partial charge < -0.3 is 9.74 Å². The van der Waals surface area contributed by atoms with Crippen molar-refractivity contribution in [3.63, 3.8) is 0 Å². The second-order valence-electron chi connectivity index (χ2n) is 6.15. The lowest BCUT2D eigenvalue weighted by atomic mass is 10.2. The van der Waals surface area contributed by atoms with Crippen molar-refractivity contribution in [1.29, 1.82) is 0 Å². The topological polar surface area (TPSA) is 72.6 Å². The van der Waals surface area contributed by atoms with Crippen molar-refractivity contribution in [2.24, 2.45) is 5.16 Å². The number of pyridine rings is 1. The largest absolute Gasteiger partial charge is 0.396 e. The average molecular weight is 410 g/mol. The Bertz CT molecular complexity index is 782. The minimum atomic E-state index is -0.354. The number of alkyl halides is 1. The first-order chi connectivity index (χ1) is 13.6. The molecule has 2 rings (SSSR count). The van der Waals surface area contributed by atoms with Crippen molar-refractivity contribution in [2.75, 3.05) is 24.7 Å². The molecule has 2 heterocycles. The Morgan fingerprint density at radius 3 is 2.89 bits per heavy atom. The highest BCUT2D eigenvalue weighted by atomic mass is 35.5. The van der Waals surface area contributed by atoms with Gasteiger partial charge in [0.25, 0.3) is 0 Å². The Morgan fingerprint density at radius 1 is 1.39 bits per heavy atom. The van der Waals surface area contributed by atoms with Gasteiger partial charge in [-0.3, -0.25) is 14.2 Å². The van der Waals surface area contributed by atoms with Crippen LogP contribution < -0.4 is 4.90 Å². The highest BCUT2D eigenvalue weighted by Gasteiger charge is 2.20. The van der Waals surface area contributed by atoms with E-state index in [1.165, 1.54) is 0 Å². The number of anilines is 1. The van der Waals surface area contributed by atoms with Gasteiger partial charge in [-0.15, -0.1) is 0 Å². The minimum Gasteiger partial charge on any atom is -0.396 e. The molecule has 7 nitrogen and oxygen atoms in total. The van der Waals surface area contributed by atoms with Crippen LogP contribution in [0.4, 0.5) is 10.1 Å². The summed E-state index contributed by atoms with van der Waals surface area (Å²) in [6.07, 6.45) is 6.87. The zero-order chi connectivity index (χ0) is 20.4. The van der Waals surface area contributed by atoms with Crippen LogP contribution >= 0.6 is 11.6 Å². The fourth-order valence-corrected chi connectivity index (χ4v) is 2.75. The monoisotopic (exact) mass is 409 g/mol. The molecule has 152 valence electrons. The third-order valence-electron chi connectivity index (χ3n) is 4.01. The molecule has 0 aliphatic heterocycles. The highest BCUT2D eigenvalue weighted by molar-refractivity contribution is 6.32. The molecule has 9 heteroatoms. The van der Waals surface area contributed by atoms with Crippen LogP contribution in [0.2, 0.25) is 5.15 Å². The number of aromatic nitrogens is 3. The van der Waals surface area contributed by atoms with E-state index in [0.717, 1.165) is 5.69 Å². The van der Waals surface area contributed by atoms with Gasteiger partial charge >= 0.3 is 0 Å². The fraction of sp³-hybridized carbons (Fsp3) is 0.474. The molecule has 0 saturated heterocycles. The summed E-state index contributed by atoms with van der Waals surface area (Å²) >= 11 is 6.27. The number of carbonyl (C=O) groups is 1. The molecule has 0 bridgehead atoms. The van der Waals surface area contributed by atoms with E-state index in [2.05, 4.69) is 15.2 Å². The van der Waals surface area contributed by atoms with Gasteiger partial charge in [-0.25, -0.2) is 4.68 Å². The van der Waals surface area contributed by atoms with E-state index in [0.29, 0.717) is 43.8 Å². The maximum atomic E-state index is 12.7. The molecule has 0 aliphatic carbocycles. The quantitative estimate of drug-likeness (QED) is 0.317. The highest BCUT2D eigenvalue weighted by Crippen LogP contribution is 2.26. The molecule has 0 aromatic carbocycles. The Morgan fingerprint density at radius 2 is 2.21 bits per heavy atom. The van der Waals surface area contributed by atoms with E-state index in [1.54, 1.807) is 41.2 Å². The van der Waals surface area contributed by atoms with Crippen LogP contribution in [0, 0.1) is 0 Å². The predicted molar refractivity (Wildman–Crippen MR) is 108 cm³/mol. The summed E-state index contributed by atoms with van der Waals surface area (Å²) in [5, 5.41) is 8.48. The number of hydrogen-bond donors (Lipinski definition) is 0. The van der Waals surface area contributed by atoms with E-state index in [1.807, 2.05) is 13.0 Å². The summed E-state index contributed by atoms with van der Waals surface area (Å²) in [6.45, 7) is 4.16. The maximum absolute atomic E-state index is 12.7. The van der Waals surface area contributed by atoms with Crippen molar-refractivity contribution < 1.29 is 14.0 Å². The molecule has 2 aromatic rings. The number of amides is 1. The summed E-state index contributed by atoms with van der Waals surface area (Å²) in [7, 11) is 0. The molecule has 0 aliphatic rings. The molecular weight excluding hydrogens is 385 g/mol.